The summed E-state index contributed by atoms with van der Waals surface area (Å²) < 4.78 is 0. The molecule has 0 bridgehead atoms. The maximum atomic E-state index is 9.88. The van der Waals surface area contributed by atoms with Gasteiger partial charge in [-0.1, -0.05) is 62.8 Å². The highest BCUT2D eigenvalue weighted by Crippen LogP contribution is 2.53. The third-order valence-corrected chi connectivity index (χ3v) is 7.35. The molecular formula is C25H42O2. The molecule has 0 amide bonds. The van der Waals surface area contributed by atoms with Crippen LogP contribution < -0.4 is 0 Å². The summed E-state index contributed by atoms with van der Waals surface area (Å²) in [7, 11) is 0. The van der Waals surface area contributed by atoms with Gasteiger partial charge in [-0.15, -0.1) is 0 Å². The second kappa shape index (κ2) is 9.74. The van der Waals surface area contributed by atoms with Crippen molar-refractivity contribution in [2.75, 3.05) is 0 Å². The summed E-state index contributed by atoms with van der Waals surface area (Å²) in [5.41, 5.74) is 3.43. The van der Waals surface area contributed by atoms with Gasteiger partial charge in [0.05, 0.1) is 12.2 Å². The van der Waals surface area contributed by atoms with Crippen molar-refractivity contribution < 1.29 is 10.2 Å². The first-order chi connectivity index (χ1) is 12.9. The van der Waals surface area contributed by atoms with E-state index in [-0.39, 0.29) is 12.2 Å². The second-order valence-corrected chi connectivity index (χ2v) is 10.4. The Morgan fingerprint density at radius 1 is 1.04 bits per heavy atom. The molecule has 27 heavy (non-hydrogen) atoms. The summed E-state index contributed by atoms with van der Waals surface area (Å²) in [5, 5.41) is 19.8. The zero-order valence-corrected chi connectivity index (χ0v) is 17.8. The lowest BCUT2D eigenvalue weighted by Crippen LogP contribution is -2.24. The molecular weight excluding hydrogens is 332 g/mol. The van der Waals surface area contributed by atoms with E-state index in [4.69, 9.17) is 0 Å². The van der Waals surface area contributed by atoms with Gasteiger partial charge in [0.1, 0.15) is 0 Å². The Balaban J connectivity index is 1.50. The van der Waals surface area contributed by atoms with Crippen molar-refractivity contribution in [3.63, 3.8) is 0 Å². The molecule has 3 rings (SSSR count). The molecule has 2 heteroatoms. The van der Waals surface area contributed by atoms with Crippen LogP contribution >= 0.6 is 0 Å². The van der Waals surface area contributed by atoms with Crippen LogP contribution in [0.4, 0.5) is 0 Å². The quantitative estimate of drug-likeness (QED) is 0.534. The lowest BCUT2D eigenvalue weighted by molar-refractivity contribution is 0.0609. The van der Waals surface area contributed by atoms with Gasteiger partial charge in [-0.3, -0.25) is 0 Å². The van der Waals surface area contributed by atoms with Crippen LogP contribution in [0.3, 0.4) is 0 Å². The molecule has 3 saturated carbocycles. The van der Waals surface area contributed by atoms with Crippen LogP contribution in [0.1, 0.15) is 104 Å². The van der Waals surface area contributed by atoms with Gasteiger partial charge in [0.25, 0.3) is 0 Å². The maximum absolute atomic E-state index is 9.88. The molecule has 0 aliphatic heterocycles. The van der Waals surface area contributed by atoms with Crippen molar-refractivity contribution in [3.05, 3.63) is 23.3 Å². The van der Waals surface area contributed by atoms with Crippen LogP contribution in [0.2, 0.25) is 0 Å². The van der Waals surface area contributed by atoms with Gasteiger partial charge < -0.3 is 10.2 Å². The smallest absolute Gasteiger partial charge is 0.0602 e. The van der Waals surface area contributed by atoms with Gasteiger partial charge >= 0.3 is 0 Å². The topological polar surface area (TPSA) is 40.5 Å². The van der Waals surface area contributed by atoms with Crippen LogP contribution in [0, 0.1) is 17.3 Å². The van der Waals surface area contributed by atoms with Gasteiger partial charge in [0, 0.05) is 0 Å². The Bertz CT molecular complexity index is 520. The number of aliphatic hydroxyl groups excluding tert-OH is 2. The average molecular weight is 375 g/mol. The summed E-state index contributed by atoms with van der Waals surface area (Å²) >= 11 is 0. The zero-order valence-electron chi connectivity index (χ0n) is 17.8. The van der Waals surface area contributed by atoms with E-state index in [9.17, 15) is 10.2 Å². The number of unbranched alkanes of at least 4 members (excludes halogenated alkanes) is 1. The minimum absolute atomic E-state index is 0.359. The van der Waals surface area contributed by atoms with Crippen molar-refractivity contribution >= 4 is 0 Å². The van der Waals surface area contributed by atoms with Gasteiger partial charge in [-0.05, 0) is 81.5 Å². The predicted octanol–water partition coefficient (Wildman–Crippen LogP) is 6.32. The fraction of sp³-hybridized carbons (Fsp3) is 0.840. The van der Waals surface area contributed by atoms with Gasteiger partial charge in [0.15, 0.2) is 0 Å². The molecule has 1 spiro atoms. The first-order valence-electron chi connectivity index (χ1n) is 11.7. The molecule has 2 nitrogen and oxygen atoms in total. The number of hydrogen-bond acceptors (Lipinski definition) is 2. The van der Waals surface area contributed by atoms with E-state index >= 15 is 0 Å². The Kier molecular flexibility index (Phi) is 7.62. The lowest BCUT2D eigenvalue weighted by atomic mass is 9.70. The largest absolute Gasteiger partial charge is 0.393 e. The van der Waals surface area contributed by atoms with E-state index in [1.165, 1.54) is 76.2 Å². The monoisotopic (exact) mass is 374 g/mol. The zero-order chi connectivity index (χ0) is 19.3. The Hall–Kier alpha value is -0.600. The maximum Gasteiger partial charge on any atom is 0.0602 e. The molecule has 0 aromatic rings. The third kappa shape index (κ3) is 6.46. The molecule has 0 unspecified atom stereocenters. The van der Waals surface area contributed by atoms with Gasteiger partial charge in [-0.2, -0.15) is 0 Å². The predicted molar refractivity (Wildman–Crippen MR) is 114 cm³/mol. The summed E-state index contributed by atoms with van der Waals surface area (Å²) in [4.78, 5) is 0. The third-order valence-electron chi connectivity index (χ3n) is 7.35. The number of hydrogen-bond donors (Lipinski definition) is 2. The SMILES string of the molecule is CC(C)CCCC[C@@H]1CC[C@@]2(CCC/C(=C\C=C3C[C@@H](O)C[C@H](O)C3)C2)C1. The van der Waals surface area contributed by atoms with Crippen LogP contribution in [-0.2, 0) is 0 Å². The van der Waals surface area contributed by atoms with Gasteiger partial charge in [0.2, 0.25) is 0 Å². The minimum Gasteiger partial charge on any atom is -0.393 e. The minimum atomic E-state index is -0.359. The van der Waals surface area contributed by atoms with Crippen molar-refractivity contribution in [2.24, 2.45) is 17.3 Å². The Morgan fingerprint density at radius 3 is 2.52 bits per heavy atom. The lowest BCUT2D eigenvalue weighted by Gasteiger charge is -2.35. The van der Waals surface area contributed by atoms with Crippen LogP contribution in [0.15, 0.2) is 23.3 Å². The highest BCUT2D eigenvalue weighted by Gasteiger charge is 2.40. The van der Waals surface area contributed by atoms with Crippen LogP contribution in [0.25, 0.3) is 0 Å². The van der Waals surface area contributed by atoms with Crippen molar-refractivity contribution in [2.45, 2.75) is 116 Å². The molecule has 0 aromatic heterocycles. The molecule has 3 aliphatic carbocycles. The molecule has 154 valence electrons. The molecule has 4 atom stereocenters. The highest BCUT2D eigenvalue weighted by molar-refractivity contribution is 5.22. The molecule has 0 heterocycles. The fourth-order valence-corrected chi connectivity index (χ4v) is 5.98. The van der Waals surface area contributed by atoms with E-state index in [2.05, 4.69) is 26.0 Å². The average Bonchev–Trinajstić information content (AvgIpc) is 2.98. The van der Waals surface area contributed by atoms with E-state index in [0.717, 1.165) is 24.7 Å². The van der Waals surface area contributed by atoms with Crippen LogP contribution in [0.5, 0.6) is 0 Å². The second-order valence-electron chi connectivity index (χ2n) is 10.4. The van der Waals surface area contributed by atoms with Crippen molar-refractivity contribution in [1.82, 2.24) is 0 Å². The molecule has 3 aliphatic rings. The summed E-state index contributed by atoms with van der Waals surface area (Å²) in [6.07, 6.45) is 21.2. The number of aliphatic hydroxyl groups is 2. The van der Waals surface area contributed by atoms with Crippen molar-refractivity contribution in [1.29, 1.82) is 0 Å². The number of allylic oxidation sites excluding steroid dienone is 3. The van der Waals surface area contributed by atoms with E-state index in [0.29, 0.717) is 11.8 Å². The van der Waals surface area contributed by atoms with Crippen molar-refractivity contribution in [3.8, 4) is 0 Å². The Morgan fingerprint density at radius 2 is 1.78 bits per heavy atom. The van der Waals surface area contributed by atoms with Gasteiger partial charge in [-0.25, -0.2) is 0 Å². The first kappa shape index (κ1) is 21.1. The highest BCUT2D eigenvalue weighted by atomic mass is 16.3. The molecule has 0 aromatic carbocycles. The Labute approximate surface area is 167 Å². The molecule has 0 saturated heterocycles. The van der Waals surface area contributed by atoms with E-state index in [1.807, 2.05) is 0 Å². The normalized spacial score (nSPS) is 36.1. The van der Waals surface area contributed by atoms with E-state index in [1.54, 1.807) is 5.57 Å². The van der Waals surface area contributed by atoms with E-state index < -0.39 is 0 Å². The molecule has 0 radical (unpaired) electrons. The van der Waals surface area contributed by atoms with Crippen LogP contribution in [-0.4, -0.2) is 22.4 Å². The fourth-order valence-electron chi connectivity index (χ4n) is 5.98. The summed E-state index contributed by atoms with van der Waals surface area (Å²) in [6.45, 7) is 4.68. The molecule has 2 N–H and O–H groups in total. The first-order valence-corrected chi connectivity index (χ1v) is 11.7. The molecule has 3 fully saturated rings. The standard InChI is InChI=1S/C25H42O2/c1-19(2)6-3-4-7-21-11-13-25(18-21)12-5-8-20(17-25)9-10-22-14-23(26)16-24(27)15-22/h9-10,19,21,23-24,26-27H,3-8,11-18H2,1-2H3/b20-9+/t21-,23-,24-,25-/m1/s1. The summed E-state index contributed by atoms with van der Waals surface area (Å²) in [6, 6.07) is 0. The number of rotatable bonds is 6. The summed E-state index contributed by atoms with van der Waals surface area (Å²) in [5.74, 6) is 1.82.